The van der Waals surface area contributed by atoms with E-state index in [9.17, 15) is 14.0 Å². The smallest absolute Gasteiger partial charge is 0.271 e. The third-order valence-corrected chi connectivity index (χ3v) is 8.30. The summed E-state index contributed by atoms with van der Waals surface area (Å²) >= 11 is 1.25. The zero-order valence-corrected chi connectivity index (χ0v) is 25.5. The first-order chi connectivity index (χ1) is 21.9. The number of aromatic nitrogens is 1. The lowest BCUT2D eigenvalue weighted by Crippen LogP contribution is -2.40. The van der Waals surface area contributed by atoms with Gasteiger partial charge >= 0.3 is 0 Å². The zero-order valence-electron chi connectivity index (χ0n) is 24.7. The van der Waals surface area contributed by atoms with Crippen molar-refractivity contribution < 1.29 is 18.7 Å². The van der Waals surface area contributed by atoms with Gasteiger partial charge in [-0.1, -0.05) is 72.0 Å². The van der Waals surface area contributed by atoms with Gasteiger partial charge in [0.05, 0.1) is 28.5 Å². The Hall–Kier alpha value is -5.28. The van der Waals surface area contributed by atoms with Gasteiger partial charge in [-0.3, -0.25) is 14.2 Å². The quantitative estimate of drug-likeness (QED) is 0.220. The fourth-order valence-corrected chi connectivity index (χ4v) is 6.23. The number of allylic oxidation sites excluding steroid dienone is 1. The molecular formula is C36H30FN3O4S. The first kappa shape index (κ1) is 29.8. The molecule has 0 spiro atoms. The standard InChI is InChI=1S/C36H30FN3O4S/c1-3-43-28-18-16-25(17-19-28)33-32(34(41)39-27-12-5-4-6-13-27)23(2)38-36-40(33)35(42)31(45-36)21-24-10-9-14-29(20-24)44-22-26-11-7-8-15-30(26)37/h4-21,33H,3,22H2,1-2H3,(H,39,41)/b31-21-/t33-/m0/s1. The third-order valence-electron chi connectivity index (χ3n) is 7.31. The van der Waals surface area contributed by atoms with Gasteiger partial charge in [0.1, 0.15) is 23.9 Å². The minimum atomic E-state index is -0.710. The van der Waals surface area contributed by atoms with E-state index in [0.717, 1.165) is 11.1 Å². The molecule has 0 radical (unpaired) electrons. The maximum absolute atomic E-state index is 14.1. The molecule has 5 aromatic rings. The number of benzene rings is 4. The molecule has 0 bridgehead atoms. The van der Waals surface area contributed by atoms with E-state index in [1.165, 1.54) is 17.4 Å². The number of halogens is 1. The molecule has 0 saturated carbocycles. The molecule has 1 aliphatic rings. The number of carbonyl (C=O) groups is 1. The molecule has 226 valence electrons. The highest BCUT2D eigenvalue weighted by molar-refractivity contribution is 7.07. The second kappa shape index (κ2) is 13.2. The number of hydrogen-bond acceptors (Lipinski definition) is 6. The highest BCUT2D eigenvalue weighted by atomic mass is 32.1. The van der Waals surface area contributed by atoms with Gasteiger partial charge in [-0.2, -0.15) is 0 Å². The van der Waals surface area contributed by atoms with E-state index < -0.39 is 6.04 Å². The Morgan fingerprint density at radius 3 is 2.47 bits per heavy atom. The van der Waals surface area contributed by atoms with Crippen LogP contribution in [-0.2, 0) is 11.4 Å². The van der Waals surface area contributed by atoms with Crippen molar-refractivity contribution in [3.8, 4) is 11.5 Å². The summed E-state index contributed by atoms with van der Waals surface area (Å²) in [6.07, 6.45) is 1.78. The number of para-hydroxylation sites is 1. The molecule has 0 aliphatic carbocycles. The maximum Gasteiger partial charge on any atom is 0.271 e. The lowest BCUT2D eigenvalue weighted by molar-refractivity contribution is -0.113. The Labute approximate surface area is 263 Å². The summed E-state index contributed by atoms with van der Waals surface area (Å²) in [6.45, 7) is 4.30. The number of nitrogens with zero attached hydrogens (tertiary/aromatic N) is 2. The zero-order chi connectivity index (χ0) is 31.3. The van der Waals surface area contributed by atoms with Gasteiger partial charge in [0, 0.05) is 11.3 Å². The molecule has 1 aliphatic heterocycles. The second-order valence-corrected chi connectivity index (χ2v) is 11.4. The SMILES string of the molecule is CCOc1ccc([C@H]2C(C(=O)Nc3ccccc3)=C(C)N=c3s/c(=C\c4cccc(OCc5ccccc5F)c4)c(=O)n32)cc1. The molecule has 9 heteroatoms. The largest absolute Gasteiger partial charge is 0.494 e. The number of nitrogens with one attached hydrogen (secondary N) is 1. The van der Waals surface area contributed by atoms with Gasteiger partial charge in [0.15, 0.2) is 4.80 Å². The van der Waals surface area contributed by atoms with Crippen LogP contribution in [0.1, 0.15) is 36.6 Å². The Balaban J connectivity index is 1.38. The Kier molecular flexibility index (Phi) is 8.70. The van der Waals surface area contributed by atoms with Gasteiger partial charge in [0.25, 0.3) is 11.5 Å². The van der Waals surface area contributed by atoms with Gasteiger partial charge in [-0.05, 0) is 73.5 Å². The summed E-state index contributed by atoms with van der Waals surface area (Å²) in [4.78, 5) is 33.0. The van der Waals surface area contributed by atoms with Crippen LogP contribution >= 0.6 is 11.3 Å². The van der Waals surface area contributed by atoms with E-state index in [2.05, 4.69) is 5.32 Å². The van der Waals surface area contributed by atoms with Crippen molar-refractivity contribution in [3.05, 3.63) is 157 Å². The molecule has 0 unspecified atom stereocenters. The van der Waals surface area contributed by atoms with Gasteiger partial charge < -0.3 is 14.8 Å². The topological polar surface area (TPSA) is 81.9 Å². The molecule has 45 heavy (non-hydrogen) atoms. The molecule has 0 fully saturated rings. The molecule has 1 atom stereocenters. The van der Waals surface area contributed by atoms with Crippen molar-refractivity contribution in [1.82, 2.24) is 4.57 Å². The van der Waals surface area contributed by atoms with Crippen LogP contribution in [0.4, 0.5) is 10.1 Å². The van der Waals surface area contributed by atoms with Gasteiger partial charge in [-0.15, -0.1) is 0 Å². The van der Waals surface area contributed by atoms with Crippen LogP contribution < -0.4 is 29.7 Å². The van der Waals surface area contributed by atoms with Crippen LogP contribution in [0.3, 0.4) is 0 Å². The molecule has 2 heterocycles. The summed E-state index contributed by atoms with van der Waals surface area (Å²) in [5.74, 6) is 0.573. The Morgan fingerprint density at radius 2 is 1.71 bits per heavy atom. The highest BCUT2D eigenvalue weighted by Gasteiger charge is 2.32. The van der Waals surface area contributed by atoms with Gasteiger partial charge in [-0.25, -0.2) is 9.38 Å². The predicted octanol–water partition coefficient (Wildman–Crippen LogP) is 5.99. The number of carbonyl (C=O) groups excluding carboxylic acids is 1. The normalized spacial score (nSPS) is 14.5. The van der Waals surface area contributed by atoms with E-state index in [1.54, 1.807) is 47.9 Å². The maximum atomic E-state index is 14.1. The first-order valence-corrected chi connectivity index (χ1v) is 15.3. The van der Waals surface area contributed by atoms with Crippen LogP contribution in [0.15, 0.2) is 124 Å². The van der Waals surface area contributed by atoms with Crippen molar-refractivity contribution in [1.29, 1.82) is 0 Å². The Morgan fingerprint density at radius 1 is 0.956 bits per heavy atom. The number of fused-ring (bicyclic) bond motifs is 1. The van der Waals surface area contributed by atoms with Crippen molar-refractivity contribution in [2.45, 2.75) is 26.5 Å². The van der Waals surface area contributed by atoms with E-state index >= 15 is 0 Å². The highest BCUT2D eigenvalue weighted by Crippen LogP contribution is 2.32. The fraction of sp³-hybridized carbons (Fsp3) is 0.139. The molecule has 6 rings (SSSR count). The molecule has 4 aromatic carbocycles. The number of thiazole rings is 1. The lowest BCUT2D eigenvalue weighted by atomic mass is 9.95. The van der Waals surface area contributed by atoms with Crippen LogP contribution in [0, 0.1) is 5.82 Å². The minimum absolute atomic E-state index is 0.0769. The van der Waals surface area contributed by atoms with E-state index in [-0.39, 0.29) is 23.9 Å². The Bertz CT molecular complexity index is 2070. The molecule has 7 nitrogen and oxygen atoms in total. The minimum Gasteiger partial charge on any atom is -0.494 e. The van der Waals surface area contributed by atoms with Crippen molar-refractivity contribution in [2.24, 2.45) is 4.99 Å². The summed E-state index contributed by atoms with van der Waals surface area (Å²) in [7, 11) is 0. The van der Waals surface area contributed by atoms with Gasteiger partial charge in [0.2, 0.25) is 0 Å². The number of rotatable bonds is 9. The summed E-state index contributed by atoms with van der Waals surface area (Å²) < 4.78 is 27.6. The monoisotopic (exact) mass is 619 g/mol. The fourth-order valence-electron chi connectivity index (χ4n) is 5.18. The number of anilines is 1. The predicted molar refractivity (Wildman–Crippen MR) is 174 cm³/mol. The summed E-state index contributed by atoms with van der Waals surface area (Å²) in [5, 5.41) is 2.97. The van der Waals surface area contributed by atoms with E-state index in [1.807, 2.05) is 73.7 Å². The van der Waals surface area contributed by atoms with Crippen LogP contribution in [0.2, 0.25) is 0 Å². The van der Waals surface area contributed by atoms with Crippen molar-refractivity contribution >= 4 is 29.0 Å². The van der Waals surface area contributed by atoms with E-state index in [0.29, 0.717) is 50.0 Å². The number of amides is 1. The number of hydrogen-bond donors (Lipinski definition) is 1. The van der Waals surface area contributed by atoms with Crippen LogP contribution in [0.5, 0.6) is 11.5 Å². The molecule has 1 aromatic heterocycles. The lowest BCUT2D eigenvalue weighted by Gasteiger charge is -2.25. The van der Waals surface area contributed by atoms with Crippen molar-refractivity contribution in [3.63, 3.8) is 0 Å². The van der Waals surface area contributed by atoms with Crippen LogP contribution in [-0.4, -0.2) is 17.1 Å². The second-order valence-electron chi connectivity index (χ2n) is 10.4. The summed E-state index contributed by atoms with van der Waals surface area (Å²) in [6, 6.07) is 29.6. The average molecular weight is 620 g/mol. The van der Waals surface area contributed by atoms with E-state index in [4.69, 9.17) is 14.5 Å². The molecule has 1 amide bonds. The van der Waals surface area contributed by atoms with Crippen LogP contribution in [0.25, 0.3) is 6.08 Å². The summed E-state index contributed by atoms with van der Waals surface area (Å²) in [5.41, 5.74) is 3.22. The first-order valence-electron chi connectivity index (χ1n) is 14.5. The average Bonchev–Trinajstić information content (AvgIpc) is 3.34. The molecule has 1 N–H and O–H groups in total. The van der Waals surface area contributed by atoms with Crippen molar-refractivity contribution in [2.75, 3.05) is 11.9 Å². The third kappa shape index (κ3) is 6.49. The number of ether oxygens (including phenoxy) is 2. The molecule has 0 saturated heterocycles. The molecular weight excluding hydrogens is 589 g/mol.